The Labute approximate surface area is 239 Å². The molecule has 0 bridgehead atoms. The first-order valence-corrected chi connectivity index (χ1v) is 13.5. The number of carbonyl (C=O) groups is 1. The molecule has 0 unspecified atom stereocenters. The van der Waals surface area contributed by atoms with Crippen molar-refractivity contribution < 1.29 is 13.6 Å². The number of halogens is 2. The lowest BCUT2D eigenvalue weighted by atomic mass is 10.0. The number of anilines is 2. The summed E-state index contributed by atoms with van der Waals surface area (Å²) in [4.78, 5) is 34.7. The van der Waals surface area contributed by atoms with Crippen LogP contribution in [0.5, 0.6) is 0 Å². The number of rotatable bonds is 7. The van der Waals surface area contributed by atoms with E-state index < -0.39 is 23.1 Å². The van der Waals surface area contributed by atoms with Gasteiger partial charge in [0, 0.05) is 43.6 Å². The second-order valence-electron chi connectivity index (χ2n) is 10.5. The molecular formula is C30H28F2N8O2. The first-order valence-electron chi connectivity index (χ1n) is 13.5. The lowest BCUT2D eigenvalue weighted by molar-refractivity contribution is 0.102. The molecule has 2 aromatic carbocycles. The van der Waals surface area contributed by atoms with E-state index >= 15 is 4.39 Å². The van der Waals surface area contributed by atoms with Crippen LogP contribution >= 0.6 is 0 Å². The van der Waals surface area contributed by atoms with Crippen LogP contribution in [0, 0.1) is 11.6 Å². The molecule has 12 heteroatoms. The van der Waals surface area contributed by atoms with Crippen molar-refractivity contribution in [3.8, 4) is 5.69 Å². The summed E-state index contributed by atoms with van der Waals surface area (Å²) < 4.78 is 29.6. The standard InChI is InChI=1S/C30H28F2N8O2/c1-38(2)23-11-14-39(17-23)28-26-19(9-12-33-27(26)36-37-28)15-18-3-6-21(16-25(18)32)35-29(41)24-10-13-34-40(30(24)42)22-7-4-20(31)5-8-22/h3-10,12-13,16,23H,11,14-15,17H2,1-2H3,(H,35,41)(H,33,36,37)/t23-/m0/s1. The van der Waals surface area contributed by atoms with Crippen LogP contribution < -0.4 is 15.8 Å². The summed E-state index contributed by atoms with van der Waals surface area (Å²) >= 11 is 0. The third-order valence-corrected chi connectivity index (χ3v) is 7.58. The monoisotopic (exact) mass is 570 g/mol. The predicted molar refractivity (Wildman–Crippen MR) is 155 cm³/mol. The summed E-state index contributed by atoms with van der Waals surface area (Å²) in [6.07, 6.45) is 4.29. The lowest BCUT2D eigenvalue weighted by Crippen LogP contribution is -2.31. The first kappa shape index (κ1) is 27.2. The molecule has 4 heterocycles. The molecule has 0 spiro atoms. The minimum Gasteiger partial charge on any atom is -0.353 e. The molecule has 1 fully saturated rings. The highest BCUT2D eigenvalue weighted by Crippen LogP contribution is 2.31. The van der Waals surface area contributed by atoms with Gasteiger partial charge in [-0.3, -0.25) is 14.7 Å². The van der Waals surface area contributed by atoms with Crippen molar-refractivity contribution in [2.75, 3.05) is 37.4 Å². The highest BCUT2D eigenvalue weighted by molar-refractivity contribution is 6.04. The Morgan fingerprint density at radius 1 is 1.07 bits per heavy atom. The van der Waals surface area contributed by atoms with Gasteiger partial charge >= 0.3 is 0 Å². The highest BCUT2D eigenvalue weighted by Gasteiger charge is 2.28. The molecule has 214 valence electrons. The van der Waals surface area contributed by atoms with Crippen LogP contribution in [0.3, 0.4) is 0 Å². The fourth-order valence-corrected chi connectivity index (χ4v) is 5.25. The number of pyridine rings is 1. The topological polar surface area (TPSA) is 112 Å². The Kier molecular flexibility index (Phi) is 7.21. The third kappa shape index (κ3) is 5.23. The van der Waals surface area contributed by atoms with Gasteiger partial charge in [-0.25, -0.2) is 13.8 Å². The summed E-state index contributed by atoms with van der Waals surface area (Å²) in [5.41, 5.74) is 1.58. The van der Waals surface area contributed by atoms with Crippen molar-refractivity contribution in [3.63, 3.8) is 0 Å². The molecule has 1 saturated heterocycles. The zero-order chi connectivity index (χ0) is 29.4. The van der Waals surface area contributed by atoms with Gasteiger partial charge in [-0.2, -0.15) is 14.9 Å². The van der Waals surface area contributed by atoms with E-state index in [0.717, 1.165) is 41.0 Å². The van der Waals surface area contributed by atoms with Crippen LogP contribution in [0.1, 0.15) is 27.9 Å². The number of H-pyrrole nitrogens is 1. The van der Waals surface area contributed by atoms with Gasteiger partial charge in [-0.1, -0.05) is 6.07 Å². The van der Waals surface area contributed by atoms with Crippen molar-refractivity contribution in [2.24, 2.45) is 0 Å². The third-order valence-electron chi connectivity index (χ3n) is 7.58. The predicted octanol–water partition coefficient (Wildman–Crippen LogP) is 3.77. The van der Waals surface area contributed by atoms with Crippen LogP contribution in [0.15, 0.2) is 71.8 Å². The van der Waals surface area contributed by atoms with Crippen LogP contribution in [0.25, 0.3) is 16.7 Å². The summed E-state index contributed by atoms with van der Waals surface area (Å²) in [5, 5.41) is 15.0. The summed E-state index contributed by atoms with van der Waals surface area (Å²) in [5.74, 6) is -0.874. The van der Waals surface area contributed by atoms with Gasteiger partial charge in [0.25, 0.3) is 11.5 Å². The van der Waals surface area contributed by atoms with Gasteiger partial charge in [0.1, 0.15) is 17.2 Å². The largest absolute Gasteiger partial charge is 0.353 e. The van der Waals surface area contributed by atoms with Crippen LogP contribution in [0.2, 0.25) is 0 Å². The maximum absolute atomic E-state index is 15.3. The Hall–Kier alpha value is -4.97. The zero-order valence-electron chi connectivity index (χ0n) is 23.0. The average Bonchev–Trinajstić information content (AvgIpc) is 3.63. The van der Waals surface area contributed by atoms with Gasteiger partial charge in [0.05, 0.1) is 11.1 Å². The average molecular weight is 571 g/mol. The van der Waals surface area contributed by atoms with E-state index in [1.807, 2.05) is 6.07 Å². The van der Waals surface area contributed by atoms with Crippen LogP contribution in [0.4, 0.5) is 20.3 Å². The van der Waals surface area contributed by atoms with Crippen LogP contribution in [-0.2, 0) is 6.42 Å². The molecule has 42 heavy (non-hydrogen) atoms. The SMILES string of the molecule is CN(C)[C@H]1CCN(c2n[nH]c3nccc(Cc4ccc(NC(=O)c5ccnn(-c6ccc(F)cc6)c5=O)cc4F)c23)C1. The minimum absolute atomic E-state index is 0.191. The maximum atomic E-state index is 15.3. The molecule has 0 radical (unpaired) electrons. The number of aromatic amines is 1. The molecule has 1 aliphatic rings. The van der Waals surface area contributed by atoms with E-state index in [9.17, 15) is 14.0 Å². The number of nitrogens with zero attached hydrogens (tertiary/aromatic N) is 6. The number of hydrogen-bond donors (Lipinski definition) is 2. The lowest BCUT2D eigenvalue weighted by Gasteiger charge is -2.20. The van der Waals surface area contributed by atoms with Gasteiger partial charge in [0.15, 0.2) is 11.5 Å². The number of nitrogens with one attached hydrogen (secondary N) is 2. The summed E-state index contributed by atoms with van der Waals surface area (Å²) in [6, 6.07) is 13.1. The number of fused-ring (bicyclic) bond motifs is 1. The molecule has 0 saturated carbocycles. The molecule has 3 aromatic heterocycles. The van der Waals surface area contributed by atoms with Gasteiger partial charge in [-0.15, -0.1) is 0 Å². The van der Waals surface area contributed by atoms with E-state index in [1.165, 1.54) is 42.6 Å². The van der Waals surface area contributed by atoms with Crippen molar-refractivity contribution >= 4 is 28.4 Å². The fourth-order valence-electron chi connectivity index (χ4n) is 5.25. The number of carbonyl (C=O) groups excluding carboxylic acids is 1. The smallest absolute Gasteiger partial charge is 0.284 e. The van der Waals surface area contributed by atoms with Crippen LogP contribution in [-0.4, -0.2) is 69.0 Å². The molecule has 1 amide bonds. The molecule has 5 aromatic rings. The van der Waals surface area contributed by atoms with Crippen molar-refractivity contribution in [1.29, 1.82) is 0 Å². The van der Waals surface area contributed by atoms with Crippen molar-refractivity contribution in [2.45, 2.75) is 18.9 Å². The molecule has 6 rings (SSSR count). The molecule has 10 nitrogen and oxygen atoms in total. The number of hydrogen-bond acceptors (Lipinski definition) is 7. The van der Waals surface area contributed by atoms with E-state index in [2.05, 4.69) is 49.5 Å². The van der Waals surface area contributed by atoms with Crippen molar-refractivity contribution in [3.05, 3.63) is 106 Å². The zero-order valence-corrected chi connectivity index (χ0v) is 23.0. The second-order valence-corrected chi connectivity index (χ2v) is 10.5. The molecule has 1 atom stereocenters. The Balaban J connectivity index is 1.22. The minimum atomic E-state index is -0.717. The summed E-state index contributed by atoms with van der Waals surface area (Å²) in [7, 11) is 4.14. The number of aromatic nitrogens is 5. The normalized spacial score (nSPS) is 15.1. The molecular weight excluding hydrogens is 542 g/mol. The number of likely N-dealkylation sites (N-methyl/N-ethyl adjacent to an activating group) is 1. The Bertz CT molecular complexity index is 1830. The highest BCUT2D eigenvalue weighted by atomic mass is 19.1. The van der Waals surface area contributed by atoms with Gasteiger partial charge in [-0.05, 0) is 80.2 Å². The Morgan fingerprint density at radius 3 is 2.62 bits per heavy atom. The van der Waals surface area contributed by atoms with E-state index in [1.54, 1.807) is 18.3 Å². The van der Waals surface area contributed by atoms with Crippen molar-refractivity contribution in [1.82, 2.24) is 29.9 Å². The quantitative estimate of drug-likeness (QED) is 0.307. The van der Waals surface area contributed by atoms with E-state index in [-0.39, 0.29) is 11.3 Å². The van der Waals surface area contributed by atoms with E-state index in [4.69, 9.17) is 0 Å². The number of amides is 1. The maximum Gasteiger partial charge on any atom is 0.284 e. The number of benzene rings is 2. The van der Waals surface area contributed by atoms with E-state index in [0.29, 0.717) is 29.4 Å². The summed E-state index contributed by atoms with van der Waals surface area (Å²) in [6.45, 7) is 1.71. The Morgan fingerprint density at radius 2 is 1.88 bits per heavy atom. The first-order chi connectivity index (χ1) is 20.3. The molecule has 0 aliphatic carbocycles. The molecule has 1 aliphatic heterocycles. The van der Waals surface area contributed by atoms with Gasteiger partial charge < -0.3 is 15.1 Å². The fraction of sp³-hybridized carbons (Fsp3) is 0.233. The van der Waals surface area contributed by atoms with Gasteiger partial charge in [0.2, 0.25) is 0 Å². The second kappa shape index (κ2) is 11.1. The molecule has 2 N–H and O–H groups in total.